The number of benzene rings is 4. The minimum Gasteiger partial charge on any atom is -0.495 e. The lowest BCUT2D eigenvalue weighted by Gasteiger charge is -2.31. The summed E-state index contributed by atoms with van der Waals surface area (Å²) in [5, 5.41) is 3.49. The van der Waals surface area contributed by atoms with Crippen LogP contribution >= 0.6 is 0 Å². The first kappa shape index (κ1) is 33.8. The number of carbonyl (C=O) groups is 2. The normalized spacial score (nSPS) is 16.3. The molecule has 11 nitrogen and oxygen atoms in total. The fraction of sp³-hybridized carbons (Fsp3) is 0.297. The Labute approximate surface area is 287 Å². The van der Waals surface area contributed by atoms with Gasteiger partial charge in [0.25, 0.3) is 21.8 Å². The monoisotopic (exact) mass is 683 g/mol. The number of hydrogen-bond acceptors (Lipinski definition) is 8. The summed E-state index contributed by atoms with van der Waals surface area (Å²) in [5.41, 5.74) is 4.55. The Balaban J connectivity index is 1.15. The Kier molecular flexibility index (Phi) is 10.1. The summed E-state index contributed by atoms with van der Waals surface area (Å²) in [5.74, 6) is 0.0430. The molecule has 2 heterocycles. The van der Waals surface area contributed by atoms with Gasteiger partial charge in [0.15, 0.2) is 0 Å². The van der Waals surface area contributed by atoms with E-state index < -0.39 is 10.0 Å². The number of nitrogens with one attached hydrogen (secondary N) is 2. The van der Waals surface area contributed by atoms with E-state index in [1.54, 1.807) is 68.7 Å². The molecule has 0 bridgehead atoms. The summed E-state index contributed by atoms with van der Waals surface area (Å²) in [6.45, 7) is 3.92. The Hall–Kier alpha value is -5.07. The van der Waals surface area contributed by atoms with E-state index in [-0.39, 0.29) is 28.5 Å². The molecule has 0 unspecified atom stereocenters. The minimum atomic E-state index is -4.08. The number of amides is 2. The minimum absolute atomic E-state index is 0.0000981. The number of rotatable bonds is 10. The summed E-state index contributed by atoms with van der Waals surface area (Å²) in [7, 11) is 0.707. The Morgan fingerprint density at radius 2 is 1.59 bits per heavy atom. The average Bonchev–Trinajstić information content (AvgIpc) is 3.59. The third-order valence-electron chi connectivity index (χ3n) is 8.75. The zero-order valence-electron chi connectivity index (χ0n) is 27.9. The number of sulfonamides is 1. The van der Waals surface area contributed by atoms with Gasteiger partial charge in [0.05, 0.1) is 31.6 Å². The van der Waals surface area contributed by atoms with Gasteiger partial charge in [-0.3, -0.25) is 14.3 Å². The highest BCUT2D eigenvalue weighted by molar-refractivity contribution is 7.92. The van der Waals surface area contributed by atoms with E-state index in [1.165, 1.54) is 12.0 Å². The number of para-hydroxylation sites is 1. The molecule has 0 saturated carbocycles. The van der Waals surface area contributed by atoms with E-state index in [1.807, 2.05) is 41.3 Å². The van der Waals surface area contributed by atoms with Crippen LogP contribution in [-0.2, 0) is 14.8 Å². The molecule has 0 aromatic heterocycles. The second kappa shape index (κ2) is 14.6. The Morgan fingerprint density at radius 3 is 2.37 bits per heavy atom. The lowest BCUT2D eigenvalue weighted by atomic mass is 10.0. The molecule has 2 saturated heterocycles. The van der Waals surface area contributed by atoms with E-state index in [9.17, 15) is 18.0 Å². The van der Waals surface area contributed by atoms with Crippen molar-refractivity contribution < 1.29 is 27.5 Å². The Bertz CT molecular complexity index is 1940. The molecule has 0 aliphatic carbocycles. The fourth-order valence-corrected chi connectivity index (χ4v) is 7.49. The molecule has 1 atom stereocenters. The highest BCUT2D eigenvalue weighted by Gasteiger charge is 2.29. The molecule has 2 fully saturated rings. The smallest absolute Gasteiger partial charge is 0.265 e. The highest BCUT2D eigenvalue weighted by Crippen LogP contribution is 2.32. The van der Waals surface area contributed by atoms with Crippen molar-refractivity contribution in [1.82, 2.24) is 9.80 Å². The molecule has 256 valence electrons. The second-order valence-corrected chi connectivity index (χ2v) is 14.0. The molecule has 49 heavy (non-hydrogen) atoms. The number of ether oxygens (including phenoxy) is 2. The van der Waals surface area contributed by atoms with Crippen LogP contribution in [0.15, 0.2) is 95.9 Å². The summed E-state index contributed by atoms with van der Waals surface area (Å²) in [6.07, 6.45) is 0.757. The van der Waals surface area contributed by atoms with Crippen LogP contribution < -0.4 is 19.7 Å². The molecule has 4 aromatic carbocycles. The molecule has 2 N–H and O–H groups in total. The van der Waals surface area contributed by atoms with Gasteiger partial charge in [-0.15, -0.1) is 0 Å². The van der Waals surface area contributed by atoms with Gasteiger partial charge < -0.3 is 29.5 Å². The van der Waals surface area contributed by atoms with E-state index >= 15 is 0 Å². The van der Waals surface area contributed by atoms with Crippen LogP contribution in [-0.4, -0.2) is 96.7 Å². The van der Waals surface area contributed by atoms with Crippen molar-refractivity contribution in [3.8, 4) is 16.9 Å². The first-order chi connectivity index (χ1) is 23.6. The number of nitrogens with zero attached hydrogens (tertiary/aromatic N) is 3. The molecule has 0 radical (unpaired) electrons. The van der Waals surface area contributed by atoms with Crippen LogP contribution in [0.1, 0.15) is 27.1 Å². The van der Waals surface area contributed by atoms with Crippen molar-refractivity contribution in [2.24, 2.45) is 0 Å². The van der Waals surface area contributed by atoms with Crippen molar-refractivity contribution in [1.29, 1.82) is 0 Å². The van der Waals surface area contributed by atoms with E-state index in [0.29, 0.717) is 54.2 Å². The largest absolute Gasteiger partial charge is 0.495 e. The second-order valence-electron chi connectivity index (χ2n) is 12.3. The maximum absolute atomic E-state index is 13.8. The van der Waals surface area contributed by atoms with Crippen LogP contribution in [0.3, 0.4) is 0 Å². The van der Waals surface area contributed by atoms with Crippen molar-refractivity contribution in [2.45, 2.75) is 17.4 Å². The zero-order valence-corrected chi connectivity index (χ0v) is 28.7. The van der Waals surface area contributed by atoms with Crippen molar-refractivity contribution >= 4 is 38.9 Å². The maximum Gasteiger partial charge on any atom is 0.265 e. The van der Waals surface area contributed by atoms with Crippen LogP contribution in [0, 0.1) is 0 Å². The standard InChI is InChI=1S/C37H41N5O6S/c1-40(2)36(43)28-9-6-8-26(22-28)27-14-15-34(47-3)35(23-27)49(45,46)39-30-11-7-10-29(24-30)38-31-16-17-42(25-31)37(44)32-12-4-5-13-33(32)41-18-20-48-21-19-41/h4-15,22-24,31,38-39H,16-21,25H2,1-3H3/t31-/m0/s1. The quantitative estimate of drug-likeness (QED) is 0.239. The van der Waals surface area contributed by atoms with Gasteiger partial charge in [-0.25, -0.2) is 8.42 Å². The van der Waals surface area contributed by atoms with Crippen LogP contribution in [0.2, 0.25) is 0 Å². The Morgan fingerprint density at radius 1 is 0.857 bits per heavy atom. The summed E-state index contributed by atoms with van der Waals surface area (Å²) in [6, 6.07) is 26.8. The van der Waals surface area contributed by atoms with E-state index in [0.717, 1.165) is 30.9 Å². The summed E-state index contributed by atoms with van der Waals surface area (Å²) in [4.78, 5) is 31.7. The van der Waals surface area contributed by atoms with Gasteiger partial charge in [0, 0.05) is 63.3 Å². The fourth-order valence-electron chi connectivity index (χ4n) is 6.24. The number of carbonyl (C=O) groups excluding carboxylic acids is 2. The maximum atomic E-state index is 13.8. The third-order valence-corrected chi connectivity index (χ3v) is 10.2. The number of morpholine rings is 1. The molecule has 2 aliphatic heterocycles. The molecule has 0 spiro atoms. The van der Waals surface area contributed by atoms with Crippen LogP contribution in [0.4, 0.5) is 17.1 Å². The third kappa shape index (κ3) is 7.65. The lowest BCUT2D eigenvalue weighted by Crippen LogP contribution is -2.38. The van der Waals surface area contributed by atoms with Gasteiger partial charge in [-0.05, 0) is 72.1 Å². The van der Waals surface area contributed by atoms with Crippen molar-refractivity contribution in [3.63, 3.8) is 0 Å². The van der Waals surface area contributed by atoms with Gasteiger partial charge in [0.1, 0.15) is 10.6 Å². The highest BCUT2D eigenvalue weighted by atomic mass is 32.2. The number of methoxy groups -OCH3 is 1. The molecule has 12 heteroatoms. The van der Waals surface area contributed by atoms with Crippen molar-refractivity contribution in [3.05, 3.63) is 102 Å². The average molecular weight is 684 g/mol. The first-order valence-corrected chi connectivity index (χ1v) is 17.7. The predicted octanol–water partition coefficient (Wildman–Crippen LogP) is 5.03. The number of anilines is 3. The van der Waals surface area contributed by atoms with Gasteiger partial charge in [-0.1, -0.05) is 36.4 Å². The lowest BCUT2D eigenvalue weighted by molar-refractivity contribution is 0.0789. The molecular formula is C37H41N5O6S. The molecule has 2 aliphatic rings. The number of likely N-dealkylation sites (tertiary alicyclic amines) is 1. The molecule has 6 rings (SSSR count). The van der Waals surface area contributed by atoms with Crippen molar-refractivity contribution in [2.75, 3.05) is 75.5 Å². The van der Waals surface area contributed by atoms with E-state index in [2.05, 4.69) is 14.9 Å². The molecular weight excluding hydrogens is 643 g/mol. The molecule has 4 aromatic rings. The first-order valence-electron chi connectivity index (χ1n) is 16.2. The summed E-state index contributed by atoms with van der Waals surface area (Å²) < 4.78 is 41.1. The van der Waals surface area contributed by atoms with Gasteiger partial charge >= 0.3 is 0 Å². The summed E-state index contributed by atoms with van der Waals surface area (Å²) >= 11 is 0. The topological polar surface area (TPSA) is 121 Å². The number of hydrogen-bond donors (Lipinski definition) is 2. The predicted molar refractivity (Wildman–Crippen MR) is 191 cm³/mol. The molecule has 2 amide bonds. The zero-order chi connectivity index (χ0) is 34.5. The van der Waals surface area contributed by atoms with Gasteiger partial charge in [-0.2, -0.15) is 0 Å². The SMILES string of the molecule is COc1ccc(-c2cccc(C(=O)N(C)C)c2)cc1S(=O)(=O)Nc1cccc(N[C@H]2CCN(C(=O)c3ccccc3N3CCOCC3)C2)c1. The van der Waals surface area contributed by atoms with Gasteiger partial charge in [0.2, 0.25) is 0 Å². The van der Waals surface area contributed by atoms with Crippen LogP contribution in [0.25, 0.3) is 11.1 Å². The van der Waals surface area contributed by atoms with E-state index in [4.69, 9.17) is 9.47 Å². The van der Waals surface area contributed by atoms with Crippen LogP contribution in [0.5, 0.6) is 5.75 Å².